The van der Waals surface area contributed by atoms with Crippen LogP contribution in [-0.2, 0) is 62.1 Å². The van der Waals surface area contributed by atoms with E-state index in [-0.39, 0.29) is 93.9 Å². The minimum absolute atomic E-state index is 0. The van der Waals surface area contributed by atoms with E-state index in [1.807, 2.05) is 41.5 Å². The van der Waals surface area contributed by atoms with E-state index >= 15 is 0 Å². The molecule has 55 heavy (non-hydrogen) atoms. The molecule has 0 aliphatic carbocycles. The molecule has 13 nitrogen and oxygen atoms in total. The van der Waals surface area contributed by atoms with E-state index in [0.29, 0.717) is 19.3 Å². The molecule has 0 saturated carbocycles. The molecule has 0 saturated heterocycles. The zero-order chi connectivity index (χ0) is 42.7. The fourth-order valence-corrected chi connectivity index (χ4v) is 5.45. The Morgan fingerprint density at radius 2 is 0.673 bits per heavy atom. The molecule has 0 spiro atoms. The summed E-state index contributed by atoms with van der Waals surface area (Å²) in [5.41, 5.74) is -4.14. The van der Waals surface area contributed by atoms with Gasteiger partial charge in [-0.3, -0.25) is 43.2 Å². The lowest BCUT2D eigenvalue weighted by atomic mass is 9.74. The number of carbonyl (C=O) groups is 9. The van der Waals surface area contributed by atoms with Crippen molar-refractivity contribution in [1.29, 1.82) is 0 Å². The van der Waals surface area contributed by atoms with Crippen LogP contribution in [0.4, 0.5) is 0 Å². The normalized spacial score (nSPS) is 11.3. The summed E-state index contributed by atoms with van der Waals surface area (Å²) in [5.74, 6) is -2.19. The molecule has 0 heterocycles. The van der Waals surface area contributed by atoms with E-state index in [1.54, 1.807) is 20.8 Å². The molecular weight excluding hydrogens is 712 g/mol. The van der Waals surface area contributed by atoms with Gasteiger partial charge in [-0.25, -0.2) is 0 Å². The minimum Gasteiger partial charge on any atom is -0.464 e. The van der Waals surface area contributed by atoms with Gasteiger partial charge in [0.05, 0.1) is 12.0 Å². The molecular formula is C42H76O13. The van der Waals surface area contributed by atoms with Gasteiger partial charge in [0.25, 0.3) is 0 Å². The van der Waals surface area contributed by atoms with Crippen molar-refractivity contribution in [3.8, 4) is 0 Å². The summed E-state index contributed by atoms with van der Waals surface area (Å²) in [6, 6.07) is 0. The highest BCUT2D eigenvalue weighted by atomic mass is 16.7. The average Bonchev–Trinajstić information content (AvgIpc) is 2.97. The van der Waals surface area contributed by atoms with E-state index in [2.05, 4.69) is 4.74 Å². The highest BCUT2D eigenvalue weighted by molar-refractivity contribution is 6.06. The first-order valence-electron chi connectivity index (χ1n) is 18.0. The number of esters is 3. The van der Waals surface area contributed by atoms with Gasteiger partial charge in [-0.1, -0.05) is 56.4 Å². The Hall–Kier alpha value is -3.61. The summed E-state index contributed by atoms with van der Waals surface area (Å²) < 4.78 is 19.8. The summed E-state index contributed by atoms with van der Waals surface area (Å²) in [5, 5.41) is 0. The van der Waals surface area contributed by atoms with Crippen LogP contribution < -0.4 is 0 Å². The molecule has 0 amide bonds. The number of carbonyl (C=O) groups excluding carboxylic acids is 9. The maximum absolute atomic E-state index is 11.9. The second-order valence-corrected chi connectivity index (χ2v) is 16.1. The second-order valence-electron chi connectivity index (χ2n) is 16.1. The molecule has 0 aliphatic heterocycles. The lowest BCUT2D eigenvalue weighted by molar-refractivity contribution is -0.162. The molecule has 322 valence electrons. The maximum atomic E-state index is 11.9. The number of ether oxygens (including phenoxy) is 4. The third-order valence-electron chi connectivity index (χ3n) is 8.59. The first-order valence-corrected chi connectivity index (χ1v) is 18.0. The third kappa shape index (κ3) is 21.9. The number of Topliss-reactive ketones (excluding diaryl/α,β-unsaturated/α-hetero) is 6. The Morgan fingerprint density at radius 3 is 0.891 bits per heavy atom. The number of hydrogen-bond donors (Lipinski definition) is 0. The number of ketones is 6. The molecule has 0 aliphatic rings. The van der Waals surface area contributed by atoms with E-state index in [1.165, 1.54) is 55.4 Å². The van der Waals surface area contributed by atoms with Crippen molar-refractivity contribution in [2.24, 2.45) is 39.4 Å². The summed E-state index contributed by atoms with van der Waals surface area (Å²) in [6.45, 7) is 27.0. The molecule has 13 heteroatoms. The molecule has 0 aromatic rings. The van der Waals surface area contributed by atoms with Crippen LogP contribution in [0.15, 0.2) is 0 Å². The van der Waals surface area contributed by atoms with E-state index in [9.17, 15) is 43.2 Å². The molecule has 0 radical (unpaired) electrons. The third-order valence-corrected chi connectivity index (χ3v) is 8.59. The summed E-state index contributed by atoms with van der Waals surface area (Å²) >= 11 is 0. The highest BCUT2D eigenvalue weighted by Gasteiger charge is 2.44. The van der Waals surface area contributed by atoms with Crippen LogP contribution in [0.25, 0.3) is 0 Å². The van der Waals surface area contributed by atoms with Gasteiger partial charge in [0.1, 0.15) is 64.2 Å². The molecule has 0 unspecified atom stereocenters. The molecule has 0 aromatic heterocycles. The van der Waals surface area contributed by atoms with Crippen molar-refractivity contribution in [3.63, 3.8) is 0 Å². The first kappa shape index (κ1) is 60.6. The van der Waals surface area contributed by atoms with Crippen LogP contribution in [0, 0.1) is 39.4 Å². The van der Waals surface area contributed by atoms with E-state index < -0.39 is 39.6 Å². The predicted molar refractivity (Wildman–Crippen MR) is 213 cm³/mol. The van der Waals surface area contributed by atoms with Gasteiger partial charge in [0, 0.05) is 13.8 Å². The van der Waals surface area contributed by atoms with Gasteiger partial charge in [0.15, 0.2) is 6.79 Å². The van der Waals surface area contributed by atoms with Gasteiger partial charge in [-0.05, 0) is 99.3 Å². The smallest absolute Gasteiger partial charge is 0.311 e. The minimum atomic E-state index is -1.20. The van der Waals surface area contributed by atoms with Crippen LogP contribution >= 0.6 is 0 Å². The largest absolute Gasteiger partial charge is 0.464 e. The van der Waals surface area contributed by atoms with Crippen molar-refractivity contribution in [2.75, 3.05) is 26.6 Å². The van der Waals surface area contributed by atoms with Crippen molar-refractivity contribution >= 4 is 52.6 Å². The van der Waals surface area contributed by atoms with E-state index in [4.69, 9.17) is 14.2 Å². The fourth-order valence-electron chi connectivity index (χ4n) is 5.45. The van der Waals surface area contributed by atoms with Crippen LogP contribution in [-0.4, -0.2) is 79.2 Å². The fraction of sp³-hybridized carbons (Fsp3) is 0.786. The van der Waals surface area contributed by atoms with E-state index in [0.717, 1.165) is 0 Å². The van der Waals surface area contributed by atoms with Gasteiger partial charge in [-0.2, -0.15) is 0 Å². The predicted octanol–water partition coefficient (Wildman–Crippen LogP) is 7.55. The van der Waals surface area contributed by atoms with Gasteiger partial charge in [-0.15, -0.1) is 0 Å². The lowest BCUT2D eigenvalue weighted by Crippen LogP contribution is -2.43. The van der Waals surface area contributed by atoms with Gasteiger partial charge in [0.2, 0.25) is 0 Å². The lowest BCUT2D eigenvalue weighted by Gasteiger charge is -2.31. The Kier molecular flexibility index (Phi) is 29.8. The molecule has 0 atom stereocenters. The van der Waals surface area contributed by atoms with Gasteiger partial charge >= 0.3 is 17.9 Å². The zero-order valence-electron chi connectivity index (χ0n) is 35.5. The van der Waals surface area contributed by atoms with Crippen LogP contribution in [0.2, 0.25) is 0 Å². The van der Waals surface area contributed by atoms with Crippen molar-refractivity contribution < 1.29 is 62.1 Å². The SMILES string of the molecule is C.C.CC(=O)C(COC(=O)C(C)(C)C)(CC(C)C)C(C)=O.CC(=O)OCC(CC(C)C)(C(C)=O)C(C)=O.CC(=O)OCOCC(CC(C)C)(C(C)=O)C(C)=O. The standard InChI is InChI=1S/C15H26O4.C13H22O5.C12H20O4.2CH4/c1-10(2)8-15(11(3)16,12(4)17)9-19-13(18)14(5,6)7;1-9(2)6-13(10(3)14,11(4)15)7-17-8-18-12(5)16;1-8(2)6-12(9(3)13,10(4)14)7-16-11(5)15;;/h10H,8-9H2,1-7H3;9H,6-8H2,1-5H3;8H,6-7H2,1-5H3;2*1H4. The summed E-state index contributed by atoms with van der Waals surface area (Å²) in [6.07, 6.45) is 1.23. The average molecular weight is 789 g/mol. The van der Waals surface area contributed by atoms with Crippen LogP contribution in [0.1, 0.15) is 152 Å². The first-order chi connectivity index (χ1) is 23.9. The Labute approximate surface area is 332 Å². The summed E-state index contributed by atoms with van der Waals surface area (Å²) in [7, 11) is 0. The second kappa shape index (κ2) is 27.1. The Morgan fingerprint density at radius 1 is 0.418 bits per heavy atom. The highest BCUT2D eigenvalue weighted by Crippen LogP contribution is 2.32. The van der Waals surface area contributed by atoms with Crippen LogP contribution in [0.5, 0.6) is 0 Å². The van der Waals surface area contributed by atoms with Crippen molar-refractivity contribution in [1.82, 2.24) is 0 Å². The Bertz CT molecular complexity index is 1240. The monoisotopic (exact) mass is 789 g/mol. The van der Waals surface area contributed by atoms with Crippen molar-refractivity contribution in [3.05, 3.63) is 0 Å². The molecule has 0 N–H and O–H groups in total. The molecule has 0 bridgehead atoms. The maximum Gasteiger partial charge on any atom is 0.311 e. The van der Waals surface area contributed by atoms with Crippen LogP contribution in [0.3, 0.4) is 0 Å². The number of rotatable bonds is 20. The summed E-state index contributed by atoms with van der Waals surface area (Å²) in [4.78, 5) is 104. The topological polar surface area (TPSA) is 191 Å². The zero-order valence-corrected chi connectivity index (χ0v) is 35.5. The Balaban J connectivity index is -0.000000224. The molecule has 0 aromatic carbocycles. The van der Waals surface area contributed by atoms with Crippen molar-refractivity contribution in [2.45, 2.75) is 152 Å². The molecule has 0 rings (SSSR count). The molecule has 0 fully saturated rings. The van der Waals surface area contributed by atoms with Gasteiger partial charge < -0.3 is 18.9 Å². The number of hydrogen-bond acceptors (Lipinski definition) is 13. The quantitative estimate of drug-likeness (QED) is 0.0387.